The summed E-state index contributed by atoms with van der Waals surface area (Å²) in [7, 11) is 1.84. The predicted molar refractivity (Wildman–Crippen MR) is 88.2 cm³/mol. The zero-order valence-corrected chi connectivity index (χ0v) is 13.5. The van der Waals surface area contributed by atoms with Crippen LogP contribution in [0, 0.1) is 17.8 Å². The van der Waals surface area contributed by atoms with E-state index in [-0.39, 0.29) is 29.6 Å². The van der Waals surface area contributed by atoms with Crippen LogP contribution in [0.2, 0.25) is 0 Å². The van der Waals surface area contributed by atoms with Gasteiger partial charge in [-0.25, -0.2) is 5.43 Å². The summed E-state index contributed by atoms with van der Waals surface area (Å²) in [6.07, 6.45) is 3.83. The fourth-order valence-electron chi connectivity index (χ4n) is 4.26. The van der Waals surface area contributed by atoms with Crippen LogP contribution >= 0.6 is 0 Å². The van der Waals surface area contributed by atoms with E-state index in [0.29, 0.717) is 0 Å². The number of hydrogen-bond donors (Lipinski definition) is 1. The van der Waals surface area contributed by atoms with Crippen molar-refractivity contribution < 1.29 is 9.59 Å². The van der Waals surface area contributed by atoms with Crippen LogP contribution < -0.4 is 10.3 Å². The first-order chi connectivity index (χ1) is 11.1. The SMILES string of the molecule is CC1Cc2cc(C3=NNC(=O)C4CCCC34)ccc2N(C)C1=O. The Labute approximate surface area is 135 Å². The van der Waals surface area contributed by atoms with Crippen molar-refractivity contribution in [2.24, 2.45) is 22.9 Å². The van der Waals surface area contributed by atoms with Gasteiger partial charge in [-0.3, -0.25) is 9.59 Å². The Morgan fingerprint density at radius 2 is 2.00 bits per heavy atom. The fourth-order valence-corrected chi connectivity index (χ4v) is 4.26. The molecule has 120 valence electrons. The zero-order valence-electron chi connectivity index (χ0n) is 13.5. The number of carbonyl (C=O) groups is 2. The number of amides is 2. The summed E-state index contributed by atoms with van der Waals surface area (Å²) in [6, 6.07) is 6.20. The van der Waals surface area contributed by atoms with E-state index in [9.17, 15) is 9.59 Å². The Bertz CT molecular complexity index is 725. The molecule has 3 unspecified atom stereocenters. The molecule has 1 N–H and O–H groups in total. The van der Waals surface area contributed by atoms with E-state index in [1.165, 1.54) is 5.56 Å². The van der Waals surface area contributed by atoms with E-state index in [1.807, 2.05) is 26.1 Å². The highest BCUT2D eigenvalue weighted by molar-refractivity contribution is 6.07. The molecule has 2 aliphatic heterocycles. The molecule has 5 nitrogen and oxygen atoms in total. The molecule has 3 atom stereocenters. The Morgan fingerprint density at radius 1 is 1.22 bits per heavy atom. The van der Waals surface area contributed by atoms with E-state index < -0.39 is 0 Å². The molecular weight excluding hydrogens is 290 g/mol. The number of rotatable bonds is 1. The summed E-state index contributed by atoms with van der Waals surface area (Å²) in [6.45, 7) is 1.97. The van der Waals surface area contributed by atoms with Gasteiger partial charge in [-0.1, -0.05) is 19.4 Å². The molecule has 1 aliphatic carbocycles. The predicted octanol–water partition coefficient (Wildman–Crippen LogP) is 2.09. The molecule has 5 heteroatoms. The largest absolute Gasteiger partial charge is 0.315 e. The minimum Gasteiger partial charge on any atom is -0.315 e. The molecule has 0 radical (unpaired) electrons. The van der Waals surface area contributed by atoms with Crippen LogP contribution in [0.25, 0.3) is 0 Å². The average molecular weight is 311 g/mol. The molecule has 23 heavy (non-hydrogen) atoms. The lowest BCUT2D eigenvalue weighted by molar-refractivity contribution is -0.126. The molecule has 0 aromatic heterocycles. The van der Waals surface area contributed by atoms with Crippen molar-refractivity contribution in [1.29, 1.82) is 0 Å². The second kappa shape index (κ2) is 5.18. The summed E-state index contributed by atoms with van der Waals surface area (Å²) < 4.78 is 0. The molecule has 0 bridgehead atoms. The number of carbonyl (C=O) groups excluding carboxylic acids is 2. The third-order valence-electron chi connectivity index (χ3n) is 5.51. The fraction of sp³-hybridized carbons (Fsp3) is 0.500. The number of anilines is 1. The highest BCUT2D eigenvalue weighted by atomic mass is 16.2. The summed E-state index contributed by atoms with van der Waals surface area (Å²) in [5, 5.41) is 4.36. The second-order valence-corrected chi connectivity index (χ2v) is 6.96. The number of fused-ring (bicyclic) bond motifs is 2. The van der Waals surface area contributed by atoms with E-state index in [4.69, 9.17) is 0 Å². The zero-order chi connectivity index (χ0) is 16.1. The standard InChI is InChI=1S/C18H21N3O2/c1-10-8-12-9-11(6-7-15(12)21(2)18(10)23)16-13-4-3-5-14(13)17(22)20-19-16/h6-7,9-10,13-14H,3-5,8H2,1-2H3,(H,20,22). The monoisotopic (exact) mass is 311 g/mol. The third kappa shape index (κ3) is 2.18. The highest BCUT2D eigenvalue weighted by Gasteiger charge is 2.40. The van der Waals surface area contributed by atoms with Crippen LogP contribution in [0.1, 0.15) is 37.3 Å². The second-order valence-electron chi connectivity index (χ2n) is 6.96. The average Bonchev–Trinajstić information content (AvgIpc) is 3.03. The minimum atomic E-state index is 0.00924. The smallest absolute Gasteiger partial charge is 0.243 e. The Kier molecular flexibility index (Phi) is 3.25. The van der Waals surface area contributed by atoms with Gasteiger partial charge in [0.15, 0.2) is 0 Å². The van der Waals surface area contributed by atoms with Crippen molar-refractivity contribution in [3.05, 3.63) is 29.3 Å². The van der Waals surface area contributed by atoms with Gasteiger partial charge in [0, 0.05) is 30.5 Å². The number of nitrogens with zero attached hydrogens (tertiary/aromatic N) is 2. The van der Waals surface area contributed by atoms with Gasteiger partial charge in [0.25, 0.3) is 0 Å². The lowest BCUT2D eigenvalue weighted by Crippen LogP contribution is -2.40. The van der Waals surface area contributed by atoms with Gasteiger partial charge in [0.1, 0.15) is 0 Å². The Hall–Kier alpha value is -2.17. The lowest BCUT2D eigenvalue weighted by Gasteiger charge is -2.31. The minimum absolute atomic E-state index is 0.00924. The van der Waals surface area contributed by atoms with Gasteiger partial charge in [-0.15, -0.1) is 0 Å². The summed E-state index contributed by atoms with van der Waals surface area (Å²) in [4.78, 5) is 25.8. The molecule has 1 saturated carbocycles. The molecule has 2 amide bonds. The van der Waals surface area contributed by atoms with Crippen molar-refractivity contribution in [2.75, 3.05) is 11.9 Å². The van der Waals surface area contributed by atoms with Gasteiger partial charge in [-0.05, 0) is 42.5 Å². The van der Waals surface area contributed by atoms with Crippen molar-refractivity contribution in [1.82, 2.24) is 5.43 Å². The van der Waals surface area contributed by atoms with Crippen LogP contribution in [-0.2, 0) is 16.0 Å². The van der Waals surface area contributed by atoms with Crippen LogP contribution in [0.4, 0.5) is 5.69 Å². The summed E-state index contributed by atoms with van der Waals surface area (Å²) in [5.41, 5.74) is 6.95. The molecule has 3 aliphatic rings. The maximum atomic E-state index is 12.1. The van der Waals surface area contributed by atoms with Crippen LogP contribution in [0.3, 0.4) is 0 Å². The Balaban J connectivity index is 1.73. The normalized spacial score (nSPS) is 29.7. The van der Waals surface area contributed by atoms with Crippen LogP contribution in [0.15, 0.2) is 23.3 Å². The lowest BCUT2D eigenvalue weighted by atomic mass is 9.84. The van der Waals surface area contributed by atoms with Crippen molar-refractivity contribution in [3.8, 4) is 0 Å². The quantitative estimate of drug-likeness (QED) is 0.863. The first-order valence-electron chi connectivity index (χ1n) is 8.34. The van der Waals surface area contributed by atoms with Gasteiger partial charge in [0.2, 0.25) is 11.8 Å². The highest BCUT2D eigenvalue weighted by Crippen LogP contribution is 2.38. The van der Waals surface area contributed by atoms with Gasteiger partial charge >= 0.3 is 0 Å². The van der Waals surface area contributed by atoms with Crippen molar-refractivity contribution in [3.63, 3.8) is 0 Å². The van der Waals surface area contributed by atoms with Crippen LogP contribution in [0.5, 0.6) is 0 Å². The van der Waals surface area contributed by atoms with E-state index in [2.05, 4.69) is 16.6 Å². The summed E-state index contributed by atoms with van der Waals surface area (Å²) >= 11 is 0. The van der Waals surface area contributed by atoms with Gasteiger partial charge < -0.3 is 4.90 Å². The maximum absolute atomic E-state index is 12.1. The van der Waals surface area contributed by atoms with Crippen molar-refractivity contribution >= 4 is 23.2 Å². The van der Waals surface area contributed by atoms with Gasteiger partial charge in [0.05, 0.1) is 5.71 Å². The first-order valence-corrected chi connectivity index (χ1v) is 8.34. The van der Waals surface area contributed by atoms with E-state index >= 15 is 0 Å². The number of nitrogens with one attached hydrogen (secondary N) is 1. The number of benzene rings is 1. The molecule has 0 spiro atoms. The molecule has 4 rings (SSSR count). The topological polar surface area (TPSA) is 61.8 Å². The molecule has 1 fully saturated rings. The summed E-state index contributed by atoms with van der Waals surface area (Å²) in [5.74, 6) is 0.551. The number of hydrazone groups is 1. The third-order valence-corrected chi connectivity index (χ3v) is 5.51. The maximum Gasteiger partial charge on any atom is 0.243 e. The van der Waals surface area contributed by atoms with Gasteiger partial charge in [-0.2, -0.15) is 5.10 Å². The Morgan fingerprint density at radius 3 is 2.83 bits per heavy atom. The van der Waals surface area contributed by atoms with E-state index in [1.54, 1.807) is 4.90 Å². The van der Waals surface area contributed by atoms with Crippen LogP contribution in [-0.4, -0.2) is 24.6 Å². The molecular formula is C18H21N3O2. The first kappa shape index (κ1) is 14.4. The molecule has 1 aromatic rings. The number of hydrogen-bond acceptors (Lipinski definition) is 3. The van der Waals surface area contributed by atoms with Crippen molar-refractivity contribution in [2.45, 2.75) is 32.6 Å². The molecule has 1 aromatic carbocycles. The molecule has 2 heterocycles. The molecule has 0 saturated heterocycles. The van der Waals surface area contributed by atoms with E-state index in [0.717, 1.165) is 42.6 Å².